The summed E-state index contributed by atoms with van der Waals surface area (Å²) in [4.78, 5) is 2.34. The van der Waals surface area contributed by atoms with E-state index < -0.39 is 0 Å². The van der Waals surface area contributed by atoms with Crippen LogP contribution in [0.4, 0.5) is 17.1 Å². The lowest BCUT2D eigenvalue weighted by atomic mass is 9.96. The van der Waals surface area contributed by atoms with Crippen LogP contribution in [0.1, 0.15) is 0 Å². The molecule has 2 heteroatoms. The molecule has 7 aromatic carbocycles. The van der Waals surface area contributed by atoms with Crippen LogP contribution in [0.3, 0.4) is 0 Å². The van der Waals surface area contributed by atoms with Crippen LogP contribution in [-0.4, -0.2) is 0 Å². The van der Waals surface area contributed by atoms with E-state index in [1.807, 2.05) is 0 Å². The van der Waals surface area contributed by atoms with Gasteiger partial charge in [0.1, 0.15) is 11.2 Å². The van der Waals surface area contributed by atoms with Gasteiger partial charge in [-0.3, -0.25) is 0 Å². The van der Waals surface area contributed by atoms with E-state index in [1.165, 1.54) is 27.3 Å². The first-order valence-corrected chi connectivity index (χ1v) is 13.6. The molecule has 0 aliphatic heterocycles. The molecule has 0 atom stereocenters. The molecule has 0 saturated heterocycles. The highest BCUT2D eigenvalue weighted by Crippen LogP contribution is 2.47. The minimum Gasteiger partial charge on any atom is -0.455 e. The lowest BCUT2D eigenvalue weighted by Gasteiger charge is -2.26. The van der Waals surface area contributed by atoms with Crippen molar-refractivity contribution in [2.75, 3.05) is 4.90 Å². The summed E-state index contributed by atoms with van der Waals surface area (Å²) in [6.45, 7) is 0. The van der Waals surface area contributed by atoms with Crippen molar-refractivity contribution in [3.05, 3.63) is 152 Å². The maximum Gasteiger partial charge on any atom is 0.143 e. The lowest BCUT2D eigenvalue weighted by Crippen LogP contribution is -2.10. The first kappa shape index (κ1) is 22.6. The summed E-state index contributed by atoms with van der Waals surface area (Å²) in [7, 11) is 0. The number of para-hydroxylation sites is 1. The minimum atomic E-state index is 0.885. The van der Waals surface area contributed by atoms with Crippen LogP contribution < -0.4 is 4.90 Å². The van der Waals surface area contributed by atoms with E-state index in [9.17, 15) is 0 Å². The van der Waals surface area contributed by atoms with Crippen LogP contribution in [0, 0.1) is 0 Å². The fourth-order valence-corrected chi connectivity index (χ4v) is 6.05. The topological polar surface area (TPSA) is 16.4 Å². The Hall–Kier alpha value is -5.34. The number of benzene rings is 7. The Bertz CT molecular complexity index is 2140. The maximum absolute atomic E-state index is 6.69. The van der Waals surface area contributed by atoms with Crippen molar-refractivity contribution < 1.29 is 4.42 Å². The zero-order chi connectivity index (χ0) is 26.5. The molecule has 2 nitrogen and oxygen atoms in total. The number of hydrogen-bond donors (Lipinski definition) is 0. The summed E-state index contributed by atoms with van der Waals surface area (Å²) in [5.74, 6) is 0. The van der Waals surface area contributed by atoms with E-state index in [0.717, 1.165) is 44.4 Å². The van der Waals surface area contributed by atoms with Crippen molar-refractivity contribution >= 4 is 60.5 Å². The van der Waals surface area contributed by atoms with Crippen LogP contribution in [0.25, 0.3) is 54.6 Å². The molecule has 8 aromatic rings. The van der Waals surface area contributed by atoms with Crippen molar-refractivity contribution in [1.29, 1.82) is 0 Å². The number of hydrogen-bond acceptors (Lipinski definition) is 2. The second kappa shape index (κ2) is 9.14. The molecule has 0 aliphatic rings. The van der Waals surface area contributed by atoms with E-state index in [-0.39, 0.29) is 0 Å². The largest absolute Gasteiger partial charge is 0.455 e. The van der Waals surface area contributed by atoms with Crippen molar-refractivity contribution in [3.63, 3.8) is 0 Å². The van der Waals surface area contributed by atoms with Gasteiger partial charge in [0.25, 0.3) is 0 Å². The summed E-state index contributed by atoms with van der Waals surface area (Å²) in [6, 6.07) is 53.6. The fraction of sp³-hybridized carbons (Fsp3) is 0. The predicted octanol–water partition coefficient (Wildman–Crippen LogP) is 11.0. The molecule has 40 heavy (non-hydrogen) atoms. The lowest BCUT2D eigenvalue weighted by molar-refractivity contribution is 0.673. The van der Waals surface area contributed by atoms with Crippen molar-refractivity contribution in [2.24, 2.45) is 0 Å². The Morgan fingerprint density at radius 1 is 0.375 bits per heavy atom. The predicted molar refractivity (Wildman–Crippen MR) is 169 cm³/mol. The molecule has 0 spiro atoms. The number of furan rings is 1. The van der Waals surface area contributed by atoms with Gasteiger partial charge < -0.3 is 9.32 Å². The third-order valence-corrected chi connectivity index (χ3v) is 7.84. The molecule has 0 aliphatic carbocycles. The van der Waals surface area contributed by atoms with E-state index in [2.05, 4.69) is 157 Å². The molecular formula is C38H25NO. The minimum absolute atomic E-state index is 0.885. The van der Waals surface area contributed by atoms with E-state index in [0.29, 0.717) is 0 Å². The van der Waals surface area contributed by atoms with Crippen LogP contribution in [-0.2, 0) is 0 Å². The highest BCUT2D eigenvalue weighted by Gasteiger charge is 2.22. The van der Waals surface area contributed by atoms with Crippen LogP contribution in [0.5, 0.6) is 0 Å². The molecule has 0 fully saturated rings. The Morgan fingerprint density at radius 2 is 0.925 bits per heavy atom. The Labute approximate surface area is 232 Å². The zero-order valence-corrected chi connectivity index (χ0v) is 21.8. The average Bonchev–Trinajstić information content (AvgIpc) is 3.44. The Balaban J connectivity index is 1.44. The van der Waals surface area contributed by atoms with Gasteiger partial charge in [-0.25, -0.2) is 0 Å². The maximum atomic E-state index is 6.69. The molecule has 8 rings (SSSR count). The normalized spacial score (nSPS) is 11.5. The SMILES string of the molecule is c1ccc(-c2ccc(N(c3ccccc3)c3cccc4oc5c6ccccc6c6ccccc6c5c34)cc2)cc1. The number of nitrogens with zero attached hydrogens (tertiary/aromatic N) is 1. The van der Waals surface area contributed by atoms with E-state index in [4.69, 9.17) is 4.42 Å². The molecule has 0 N–H and O–H groups in total. The summed E-state index contributed by atoms with van der Waals surface area (Å²) < 4.78 is 6.69. The van der Waals surface area contributed by atoms with E-state index in [1.54, 1.807) is 0 Å². The molecule has 0 saturated carbocycles. The number of anilines is 3. The van der Waals surface area contributed by atoms with Gasteiger partial charge in [-0.2, -0.15) is 0 Å². The van der Waals surface area contributed by atoms with Gasteiger partial charge in [0, 0.05) is 22.1 Å². The molecule has 0 amide bonds. The van der Waals surface area contributed by atoms with Gasteiger partial charge in [0.2, 0.25) is 0 Å². The second-order valence-corrected chi connectivity index (χ2v) is 10.1. The van der Waals surface area contributed by atoms with Gasteiger partial charge in [-0.15, -0.1) is 0 Å². The molecule has 0 unspecified atom stereocenters. The highest BCUT2D eigenvalue weighted by molar-refractivity contribution is 6.32. The monoisotopic (exact) mass is 511 g/mol. The molecular weight excluding hydrogens is 486 g/mol. The summed E-state index contributed by atoms with van der Waals surface area (Å²) in [5, 5.41) is 7.06. The van der Waals surface area contributed by atoms with Crippen LogP contribution in [0.2, 0.25) is 0 Å². The first-order valence-electron chi connectivity index (χ1n) is 13.6. The van der Waals surface area contributed by atoms with Gasteiger partial charge in [0.15, 0.2) is 0 Å². The van der Waals surface area contributed by atoms with Crippen molar-refractivity contribution in [2.45, 2.75) is 0 Å². The third-order valence-electron chi connectivity index (χ3n) is 7.84. The van der Waals surface area contributed by atoms with Crippen molar-refractivity contribution in [3.8, 4) is 11.1 Å². The standard InChI is InChI=1S/C38H25NO/c1-3-12-26(13-4-1)27-22-24-29(25-23-27)39(28-14-5-2-6-15-28)34-20-11-21-35-37(34)36-32-18-9-7-16-30(32)31-17-8-10-19-33(31)38(36)40-35/h1-25H. The molecule has 0 bridgehead atoms. The zero-order valence-electron chi connectivity index (χ0n) is 21.8. The quantitative estimate of drug-likeness (QED) is 0.218. The smallest absolute Gasteiger partial charge is 0.143 e. The van der Waals surface area contributed by atoms with Crippen LogP contribution in [0.15, 0.2) is 156 Å². The highest BCUT2D eigenvalue weighted by atomic mass is 16.3. The van der Waals surface area contributed by atoms with E-state index >= 15 is 0 Å². The molecule has 1 heterocycles. The third kappa shape index (κ3) is 3.50. The van der Waals surface area contributed by atoms with Gasteiger partial charge in [0.05, 0.1) is 11.1 Å². The van der Waals surface area contributed by atoms with Gasteiger partial charge >= 0.3 is 0 Å². The van der Waals surface area contributed by atoms with Crippen LogP contribution >= 0.6 is 0 Å². The first-order chi connectivity index (χ1) is 19.9. The molecule has 188 valence electrons. The Kier molecular flexibility index (Phi) is 5.17. The average molecular weight is 512 g/mol. The summed E-state index contributed by atoms with van der Waals surface area (Å²) >= 11 is 0. The van der Waals surface area contributed by atoms with Crippen molar-refractivity contribution in [1.82, 2.24) is 0 Å². The summed E-state index contributed by atoms with van der Waals surface area (Å²) in [5.41, 5.74) is 7.51. The fourth-order valence-electron chi connectivity index (χ4n) is 6.05. The molecule has 1 aromatic heterocycles. The molecule has 0 radical (unpaired) electrons. The van der Waals surface area contributed by atoms with Gasteiger partial charge in [-0.05, 0) is 63.7 Å². The Morgan fingerprint density at radius 3 is 1.65 bits per heavy atom. The number of rotatable bonds is 4. The second-order valence-electron chi connectivity index (χ2n) is 10.1. The number of fused-ring (bicyclic) bond motifs is 8. The van der Waals surface area contributed by atoms with Gasteiger partial charge in [-0.1, -0.05) is 115 Å². The summed E-state index contributed by atoms with van der Waals surface area (Å²) in [6.07, 6.45) is 0.